The van der Waals surface area contributed by atoms with Crippen molar-refractivity contribution in [3.63, 3.8) is 0 Å². The third-order valence-electron chi connectivity index (χ3n) is 3.59. The molecule has 1 aliphatic rings. The molecule has 0 atom stereocenters. The van der Waals surface area contributed by atoms with E-state index < -0.39 is 28.0 Å². The van der Waals surface area contributed by atoms with Gasteiger partial charge in [0.25, 0.3) is 11.6 Å². The fourth-order valence-electron chi connectivity index (χ4n) is 2.31. The van der Waals surface area contributed by atoms with E-state index in [1.807, 2.05) is 0 Å². The Morgan fingerprint density at radius 3 is 2.55 bits per heavy atom. The van der Waals surface area contributed by atoms with Crippen LogP contribution in [0.3, 0.4) is 0 Å². The molecular formula is C16H11ClN4O8. The van der Waals surface area contributed by atoms with Gasteiger partial charge in [-0.15, -0.1) is 0 Å². The van der Waals surface area contributed by atoms with Gasteiger partial charge in [0, 0.05) is 11.1 Å². The Balaban J connectivity index is 1.64. The minimum atomic E-state index is -0.742. The summed E-state index contributed by atoms with van der Waals surface area (Å²) >= 11 is 5.70. The van der Waals surface area contributed by atoms with Crippen LogP contribution in [-0.4, -0.2) is 35.4 Å². The largest absolute Gasteiger partial charge is 0.477 e. The number of hydrogen-bond donors (Lipinski definition) is 1. The second-order valence-electron chi connectivity index (χ2n) is 5.47. The van der Waals surface area contributed by atoms with Gasteiger partial charge in [-0.2, -0.15) is 5.10 Å². The van der Waals surface area contributed by atoms with Gasteiger partial charge in [0.15, 0.2) is 23.9 Å². The van der Waals surface area contributed by atoms with E-state index in [0.717, 1.165) is 12.3 Å². The van der Waals surface area contributed by atoms with Gasteiger partial charge >= 0.3 is 5.69 Å². The molecule has 1 aliphatic heterocycles. The zero-order valence-corrected chi connectivity index (χ0v) is 15.1. The van der Waals surface area contributed by atoms with Crippen molar-refractivity contribution in [1.82, 2.24) is 5.43 Å². The number of nitrogens with one attached hydrogen (secondary N) is 1. The van der Waals surface area contributed by atoms with Gasteiger partial charge in [-0.25, -0.2) is 5.43 Å². The Kier molecular flexibility index (Phi) is 5.74. The van der Waals surface area contributed by atoms with Crippen LogP contribution in [0.2, 0.25) is 5.02 Å². The Bertz CT molecular complexity index is 1030. The summed E-state index contributed by atoms with van der Waals surface area (Å²) in [7, 11) is 0. The second-order valence-corrected chi connectivity index (χ2v) is 5.91. The second kappa shape index (κ2) is 8.39. The molecule has 29 heavy (non-hydrogen) atoms. The molecule has 0 fully saturated rings. The molecule has 3 rings (SSSR count). The monoisotopic (exact) mass is 422 g/mol. The predicted molar refractivity (Wildman–Crippen MR) is 98.6 cm³/mol. The summed E-state index contributed by atoms with van der Waals surface area (Å²) < 4.78 is 15.3. The maximum absolute atomic E-state index is 11.8. The molecule has 1 amide bonds. The summed E-state index contributed by atoms with van der Waals surface area (Å²) in [5.41, 5.74) is 1.50. The SMILES string of the molecule is O=C(COc1ccc(Cl)cc1[N+](=O)[O-])N/N=C\c1cc2c(cc1[N+](=O)[O-])OCO2. The Morgan fingerprint density at radius 2 is 1.86 bits per heavy atom. The summed E-state index contributed by atoms with van der Waals surface area (Å²) in [6.07, 6.45) is 1.06. The number of fused-ring (bicyclic) bond motifs is 1. The molecule has 0 spiro atoms. The molecule has 0 aromatic heterocycles. The molecule has 13 heteroatoms. The van der Waals surface area contributed by atoms with Crippen molar-refractivity contribution in [1.29, 1.82) is 0 Å². The van der Waals surface area contributed by atoms with E-state index in [9.17, 15) is 25.0 Å². The first-order valence-electron chi connectivity index (χ1n) is 7.82. The predicted octanol–water partition coefficient (Wildman–Crippen LogP) is 2.41. The number of hydrogen-bond acceptors (Lipinski definition) is 9. The fraction of sp³-hybridized carbons (Fsp3) is 0.125. The molecule has 150 valence electrons. The minimum Gasteiger partial charge on any atom is -0.477 e. The normalized spacial score (nSPS) is 12.0. The van der Waals surface area contributed by atoms with Gasteiger partial charge in [0.05, 0.1) is 27.7 Å². The highest BCUT2D eigenvalue weighted by molar-refractivity contribution is 6.30. The quantitative estimate of drug-likeness (QED) is 0.405. The molecule has 0 radical (unpaired) electrons. The van der Waals surface area contributed by atoms with E-state index in [4.69, 9.17) is 25.8 Å². The first-order chi connectivity index (χ1) is 13.8. The van der Waals surface area contributed by atoms with E-state index >= 15 is 0 Å². The van der Waals surface area contributed by atoms with Gasteiger partial charge in [-0.3, -0.25) is 25.0 Å². The Hall–Kier alpha value is -3.93. The smallest absolute Gasteiger partial charge is 0.312 e. The van der Waals surface area contributed by atoms with Gasteiger partial charge in [-0.1, -0.05) is 11.6 Å². The summed E-state index contributed by atoms with van der Waals surface area (Å²) in [4.78, 5) is 32.7. The zero-order chi connectivity index (χ0) is 21.0. The number of carbonyl (C=O) groups is 1. The van der Waals surface area contributed by atoms with Crippen LogP contribution < -0.4 is 19.6 Å². The number of nitro benzene ring substituents is 2. The zero-order valence-electron chi connectivity index (χ0n) is 14.4. The molecule has 0 unspecified atom stereocenters. The van der Waals surface area contributed by atoms with E-state index in [2.05, 4.69) is 10.5 Å². The average Bonchev–Trinajstić information content (AvgIpc) is 3.13. The molecule has 0 saturated heterocycles. The lowest BCUT2D eigenvalue weighted by atomic mass is 10.1. The van der Waals surface area contributed by atoms with Gasteiger partial charge in [-0.05, 0) is 18.2 Å². The minimum absolute atomic E-state index is 0.0575. The van der Waals surface area contributed by atoms with Crippen LogP contribution in [0.25, 0.3) is 0 Å². The molecular weight excluding hydrogens is 412 g/mol. The van der Waals surface area contributed by atoms with E-state index in [1.54, 1.807) is 0 Å². The number of nitro groups is 2. The van der Waals surface area contributed by atoms with Crippen molar-refractivity contribution in [3.8, 4) is 17.2 Å². The van der Waals surface area contributed by atoms with Crippen LogP contribution in [0, 0.1) is 20.2 Å². The summed E-state index contributed by atoms with van der Waals surface area (Å²) in [5, 5.41) is 25.9. The van der Waals surface area contributed by atoms with Crippen molar-refractivity contribution in [2.24, 2.45) is 5.10 Å². The highest BCUT2D eigenvalue weighted by Gasteiger charge is 2.22. The highest BCUT2D eigenvalue weighted by atomic mass is 35.5. The van der Waals surface area contributed by atoms with Crippen molar-refractivity contribution < 1.29 is 28.9 Å². The van der Waals surface area contributed by atoms with Crippen LogP contribution >= 0.6 is 11.6 Å². The number of amides is 1. The Morgan fingerprint density at radius 1 is 1.17 bits per heavy atom. The molecule has 12 nitrogen and oxygen atoms in total. The lowest BCUT2D eigenvalue weighted by molar-refractivity contribution is -0.385. The van der Waals surface area contributed by atoms with E-state index in [1.165, 1.54) is 24.3 Å². The molecule has 1 N–H and O–H groups in total. The molecule has 0 aliphatic carbocycles. The highest BCUT2D eigenvalue weighted by Crippen LogP contribution is 2.37. The lowest BCUT2D eigenvalue weighted by Gasteiger charge is -2.06. The third kappa shape index (κ3) is 4.68. The molecule has 2 aromatic carbocycles. The van der Waals surface area contributed by atoms with Crippen LogP contribution in [-0.2, 0) is 4.79 Å². The van der Waals surface area contributed by atoms with Crippen molar-refractivity contribution in [2.75, 3.05) is 13.4 Å². The van der Waals surface area contributed by atoms with Gasteiger partial charge in [0.1, 0.15) is 0 Å². The summed E-state index contributed by atoms with van der Waals surface area (Å²) in [6, 6.07) is 6.26. The first kappa shape index (κ1) is 19.8. The number of halogens is 1. The molecule has 1 heterocycles. The third-order valence-corrected chi connectivity index (χ3v) is 3.82. The lowest BCUT2D eigenvalue weighted by Crippen LogP contribution is -2.24. The van der Waals surface area contributed by atoms with Crippen LogP contribution in [0.1, 0.15) is 5.56 Å². The summed E-state index contributed by atoms with van der Waals surface area (Å²) in [5.74, 6) is -0.351. The summed E-state index contributed by atoms with van der Waals surface area (Å²) in [6.45, 7) is -0.638. The van der Waals surface area contributed by atoms with Crippen LogP contribution in [0.5, 0.6) is 17.2 Å². The van der Waals surface area contributed by atoms with Gasteiger partial charge < -0.3 is 14.2 Å². The number of nitrogens with zero attached hydrogens (tertiary/aromatic N) is 3. The van der Waals surface area contributed by atoms with Crippen molar-refractivity contribution in [3.05, 3.63) is 61.1 Å². The van der Waals surface area contributed by atoms with Crippen LogP contribution in [0.15, 0.2) is 35.4 Å². The van der Waals surface area contributed by atoms with Crippen molar-refractivity contribution in [2.45, 2.75) is 0 Å². The van der Waals surface area contributed by atoms with Crippen molar-refractivity contribution >= 4 is 35.1 Å². The van der Waals surface area contributed by atoms with E-state index in [0.29, 0.717) is 5.75 Å². The Labute approximate surface area is 166 Å². The number of ether oxygens (including phenoxy) is 3. The first-order valence-corrected chi connectivity index (χ1v) is 8.19. The number of hydrazone groups is 1. The van der Waals surface area contributed by atoms with Crippen LogP contribution in [0.4, 0.5) is 11.4 Å². The average molecular weight is 423 g/mol. The number of carbonyl (C=O) groups excluding carboxylic acids is 1. The maximum atomic E-state index is 11.8. The van der Waals surface area contributed by atoms with E-state index in [-0.39, 0.29) is 34.6 Å². The molecule has 2 aromatic rings. The maximum Gasteiger partial charge on any atom is 0.312 e. The standard InChI is InChI=1S/C16H11ClN4O8/c17-10-1-2-13(12(4-10)21(25)26)27-7-16(22)19-18-6-9-3-14-15(29-8-28-14)5-11(9)20(23)24/h1-6H,7-8H2,(H,19,22)/b18-6-. The number of benzene rings is 2. The fourth-order valence-corrected chi connectivity index (χ4v) is 2.48. The van der Waals surface area contributed by atoms with Gasteiger partial charge in [0.2, 0.25) is 6.79 Å². The number of rotatable bonds is 7. The topological polar surface area (TPSA) is 155 Å². The molecule has 0 saturated carbocycles. The molecule has 0 bridgehead atoms.